The molecular weight excluding hydrogens is 192 g/mol. The largest absolute Gasteiger partial charge is 0.454 e. The predicted octanol–water partition coefficient (Wildman–Crippen LogP) is 1.74. The quantitative estimate of drug-likeness (QED) is 0.686. The summed E-state index contributed by atoms with van der Waals surface area (Å²) in [5.74, 6) is -0.388. The van der Waals surface area contributed by atoms with Crippen LogP contribution >= 0.6 is 0 Å². The number of ether oxygens (including phenoxy) is 1. The summed E-state index contributed by atoms with van der Waals surface area (Å²) in [6, 6.07) is 8.74. The van der Waals surface area contributed by atoms with Crippen LogP contribution < -0.4 is 0 Å². The van der Waals surface area contributed by atoms with Gasteiger partial charge in [0.1, 0.15) is 6.10 Å². The minimum Gasteiger partial charge on any atom is -0.454 e. The second-order valence-corrected chi connectivity index (χ2v) is 3.34. The van der Waals surface area contributed by atoms with Gasteiger partial charge in [-0.2, -0.15) is 0 Å². The van der Waals surface area contributed by atoms with E-state index in [4.69, 9.17) is 4.74 Å². The van der Waals surface area contributed by atoms with Crippen LogP contribution in [0.1, 0.15) is 16.8 Å². The van der Waals surface area contributed by atoms with E-state index in [0.717, 1.165) is 0 Å². The number of allylic oxidation sites excluding steroid dienone is 1. The van der Waals surface area contributed by atoms with Crippen LogP contribution in [0.4, 0.5) is 0 Å². The van der Waals surface area contributed by atoms with Crippen LogP contribution in [0.5, 0.6) is 0 Å². The molecule has 0 aliphatic heterocycles. The van der Waals surface area contributed by atoms with Gasteiger partial charge in [-0.3, -0.25) is 4.79 Å². The molecule has 2 rings (SSSR count). The molecule has 0 fully saturated rings. The lowest BCUT2D eigenvalue weighted by molar-refractivity contribution is -0.115. The molecule has 76 valence electrons. The minimum atomic E-state index is -0.398. The van der Waals surface area contributed by atoms with Crippen molar-refractivity contribution < 1.29 is 14.3 Å². The highest BCUT2D eigenvalue weighted by molar-refractivity contribution is 5.94. The number of rotatable bonds is 2. The first-order valence-electron chi connectivity index (χ1n) is 4.73. The van der Waals surface area contributed by atoms with Crippen molar-refractivity contribution >= 4 is 11.8 Å². The summed E-state index contributed by atoms with van der Waals surface area (Å²) >= 11 is 0. The third-order valence-electron chi connectivity index (χ3n) is 2.17. The molecule has 0 N–H and O–H groups in total. The van der Waals surface area contributed by atoms with Crippen molar-refractivity contribution in [2.24, 2.45) is 0 Å². The van der Waals surface area contributed by atoms with Crippen LogP contribution in [0.2, 0.25) is 0 Å². The maximum absolute atomic E-state index is 11.5. The fourth-order valence-electron chi connectivity index (χ4n) is 1.41. The fraction of sp³-hybridized carbons (Fsp3) is 0.167. The number of ketones is 1. The molecular formula is C12H10O3. The summed E-state index contributed by atoms with van der Waals surface area (Å²) in [6.07, 6.45) is 2.93. The highest BCUT2D eigenvalue weighted by Crippen LogP contribution is 2.12. The van der Waals surface area contributed by atoms with Gasteiger partial charge in [0, 0.05) is 0 Å². The Hall–Kier alpha value is -1.90. The third-order valence-corrected chi connectivity index (χ3v) is 2.17. The first-order chi connectivity index (χ1) is 7.25. The van der Waals surface area contributed by atoms with Gasteiger partial charge >= 0.3 is 5.97 Å². The van der Waals surface area contributed by atoms with Crippen molar-refractivity contribution in [2.75, 3.05) is 0 Å². The van der Waals surface area contributed by atoms with Gasteiger partial charge in [-0.1, -0.05) is 18.2 Å². The maximum atomic E-state index is 11.5. The number of hydrogen-bond acceptors (Lipinski definition) is 3. The Morgan fingerprint density at radius 1 is 1.27 bits per heavy atom. The van der Waals surface area contributed by atoms with Gasteiger partial charge < -0.3 is 4.74 Å². The van der Waals surface area contributed by atoms with Crippen LogP contribution in [0.25, 0.3) is 0 Å². The summed E-state index contributed by atoms with van der Waals surface area (Å²) in [7, 11) is 0. The van der Waals surface area contributed by atoms with Crippen LogP contribution in [-0.4, -0.2) is 17.9 Å². The van der Waals surface area contributed by atoms with Gasteiger partial charge in [0.05, 0.1) is 12.0 Å². The normalized spacial score (nSPS) is 19.2. The summed E-state index contributed by atoms with van der Waals surface area (Å²) in [5.41, 5.74) is 0.505. The average molecular weight is 202 g/mol. The van der Waals surface area contributed by atoms with Gasteiger partial charge in [0.2, 0.25) is 0 Å². The molecule has 0 amide bonds. The number of benzene rings is 1. The van der Waals surface area contributed by atoms with Crippen LogP contribution in [0, 0.1) is 0 Å². The smallest absolute Gasteiger partial charge is 0.338 e. The molecule has 0 radical (unpaired) electrons. The van der Waals surface area contributed by atoms with Gasteiger partial charge in [-0.05, 0) is 24.3 Å². The van der Waals surface area contributed by atoms with Crippen LogP contribution in [0.3, 0.4) is 0 Å². The average Bonchev–Trinajstić information content (AvgIpc) is 2.65. The molecule has 1 aliphatic rings. The standard InChI is InChI=1S/C12H10O3/c13-10-6-7-11(8-10)15-12(14)9-4-2-1-3-5-9/h1-7,11H,8H2/t11-/m0/s1. The van der Waals surface area contributed by atoms with Crippen molar-refractivity contribution in [1.82, 2.24) is 0 Å². The van der Waals surface area contributed by atoms with Gasteiger partial charge in [-0.15, -0.1) is 0 Å². The van der Waals surface area contributed by atoms with E-state index in [0.29, 0.717) is 5.56 Å². The second-order valence-electron chi connectivity index (χ2n) is 3.34. The molecule has 3 heteroatoms. The zero-order valence-electron chi connectivity index (χ0n) is 8.05. The molecule has 0 bridgehead atoms. The molecule has 1 aromatic carbocycles. The fourth-order valence-corrected chi connectivity index (χ4v) is 1.41. The number of esters is 1. The van der Waals surface area contributed by atoms with E-state index in [2.05, 4.69) is 0 Å². The van der Waals surface area contributed by atoms with Gasteiger partial charge in [-0.25, -0.2) is 4.79 Å². The van der Waals surface area contributed by atoms with Crippen molar-refractivity contribution in [2.45, 2.75) is 12.5 Å². The van der Waals surface area contributed by atoms with E-state index >= 15 is 0 Å². The Kier molecular flexibility index (Phi) is 2.63. The molecule has 0 heterocycles. The monoisotopic (exact) mass is 202 g/mol. The summed E-state index contributed by atoms with van der Waals surface area (Å²) in [6.45, 7) is 0. The Morgan fingerprint density at radius 2 is 2.00 bits per heavy atom. The molecule has 3 nitrogen and oxygen atoms in total. The second kappa shape index (κ2) is 4.09. The first-order valence-corrected chi connectivity index (χ1v) is 4.73. The molecule has 0 unspecified atom stereocenters. The lowest BCUT2D eigenvalue weighted by Crippen LogP contribution is -2.15. The number of carbonyl (C=O) groups excluding carboxylic acids is 2. The van der Waals surface area contributed by atoms with Crippen molar-refractivity contribution in [3.8, 4) is 0 Å². The lowest BCUT2D eigenvalue weighted by Gasteiger charge is -2.08. The van der Waals surface area contributed by atoms with E-state index in [1.165, 1.54) is 6.08 Å². The van der Waals surface area contributed by atoms with Crippen molar-refractivity contribution in [3.05, 3.63) is 48.0 Å². The zero-order valence-corrected chi connectivity index (χ0v) is 8.05. The molecule has 0 saturated heterocycles. The molecule has 1 aromatic rings. The minimum absolute atomic E-state index is 0.000798. The zero-order chi connectivity index (χ0) is 10.7. The Labute approximate surface area is 87.4 Å². The highest BCUT2D eigenvalue weighted by atomic mass is 16.5. The molecule has 0 saturated carbocycles. The Bertz CT molecular complexity index is 406. The summed E-state index contributed by atoms with van der Waals surface area (Å²) < 4.78 is 5.12. The summed E-state index contributed by atoms with van der Waals surface area (Å²) in [4.78, 5) is 22.4. The lowest BCUT2D eigenvalue weighted by atomic mass is 10.2. The van der Waals surface area contributed by atoms with Gasteiger partial charge in [0.15, 0.2) is 5.78 Å². The molecule has 0 aromatic heterocycles. The van der Waals surface area contributed by atoms with E-state index < -0.39 is 6.10 Å². The summed E-state index contributed by atoms with van der Waals surface area (Å²) in [5, 5.41) is 0. The highest BCUT2D eigenvalue weighted by Gasteiger charge is 2.20. The van der Waals surface area contributed by atoms with Gasteiger partial charge in [0.25, 0.3) is 0 Å². The van der Waals surface area contributed by atoms with E-state index in [1.807, 2.05) is 6.07 Å². The predicted molar refractivity (Wildman–Crippen MR) is 54.4 cm³/mol. The number of carbonyl (C=O) groups is 2. The molecule has 0 spiro atoms. The van der Waals surface area contributed by atoms with Crippen molar-refractivity contribution in [3.63, 3.8) is 0 Å². The molecule has 1 atom stereocenters. The van der Waals surface area contributed by atoms with E-state index in [-0.39, 0.29) is 18.2 Å². The van der Waals surface area contributed by atoms with Crippen LogP contribution in [0.15, 0.2) is 42.5 Å². The van der Waals surface area contributed by atoms with Crippen molar-refractivity contribution in [1.29, 1.82) is 0 Å². The Balaban J connectivity index is 1.99. The Morgan fingerprint density at radius 3 is 2.60 bits per heavy atom. The molecule has 1 aliphatic carbocycles. The van der Waals surface area contributed by atoms with E-state index in [1.54, 1.807) is 30.3 Å². The molecule has 15 heavy (non-hydrogen) atoms. The third kappa shape index (κ3) is 2.31. The number of hydrogen-bond donors (Lipinski definition) is 0. The SMILES string of the molecule is O=C1C=C[C@H](OC(=O)c2ccccc2)C1. The van der Waals surface area contributed by atoms with E-state index in [9.17, 15) is 9.59 Å². The first kappa shape index (κ1) is 9.65. The van der Waals surface area contributed by atoms with Crippen LogP contribution in [-0.2, 0) is 9.53 Å². The topological polar surface area (TPSA) is 43.4 Å². The maximum Gasteiger partial charge on any atom is 0.338 e.